The van der Waals surface area contributed by atoms with Crippen LogP contribution in [0.4, 0.5) is 9.18 Å². The highest BCUT2D eigenvalue weighted by Gasteiger charge is 2.49. The molecule has 1 aliphatic heterocycles. The molecule has 1 saturated heterocycles. The van der Waals surface area contributed by atoms with Crippen LogP contribution in [-0.4, -0.2) is 41.9 Å². The molecule has 8 heteroatoms. The molecule has 0 saturated carbocycles. The summed E-state index contributed by atoms with van der Waals surface area (Å²) in [6.07, 6.45) is 0.704. The highest BCUT2D eigenvalue weighted by molar-refractivity contribution is 6.09. The third-order valence-corrected chi connectivity index (χ3v) is 4.40. The van der Waals surface area contributed by atoms with Crippen LogP contribution in [-0.2, 0) is 15.1 Å². The number of hydrogen-bond donors (Lipinski definition) is 3. The Morgan fingerprint density at radius 1 is 1.31 bits per heavy atom. The van der Waals surface area contributed by atoms with Gasteiger partial charge in [0.25, 0.3) is 5.91 Å². The van der Waals surface area contributed by atoms with Gasteiger partial charge in [0, 0.05) is 12.6 Å². The van der Waals surface area contributed by atoms with Gasteiger partial charge < -0.3 is 16.4 Å². The maximum atomic E-state index is 13.1. The van der Waals surface area contributed by atoms with Crippen LogP contribution in [0.15, 0.2) is 24.3 Å². The minimum Gasteiger partial charge on any atom is -0.351 e. The second-order valence-corrected chi connectivity index (χ2v) is 7.08. The third kappa shape index (κ3) is 4.19. The number of amides is 4. The van der Waals surface area contributed by atoms with Gasteiger partial charge in [0.05, 0.1) is 0 Å². The van der Waals surface area contributed by atoms with Crippen molar-refractivity contribution in [3.63, 3.8) is 0 Å². The normalized spacial score (nSPS) is 21.1. The molecule has 0 spiro atoms. The van der Waals surface area contributed by atoms with E-state index in [2.05, 4.69) is 10.6 Å². The van der Waals surface area contributed by atoms with Crippen molar-refractivity contribution in [3.05, 3.63) is 35.6 Å². The fourth-order valence-corrected chi connectivity index (χ4v) is 3.02. The fraction of sp³-hybridized carbons (Fsp3) is 0.500. The second-order valence-electron chi connectivity index (χ2n) is 7.08. The van der Waals surface area contributed by atoms with Gasteiger partial charge in [-0.25, -0.2) is 9.18 Å². The van der Waals surface area contributed by atoms with Crippen molar-refractivity contribution in [1.29, 1.82) is 0 Å². The van der Waals surface area contributed by atoms with E-state index in [1.54, 1.807) is 0 Å². The predicted octanol–water partition coefficient (Wildman–Crippen LogP) is 1.08. The van der Waals surface area contributed by atoms with E-state index in [1.165, 1.54) is 31.2 Å². The molecule has 7 nitrogen and oxygen atoms in total. The molecule has 2 rings (SSSR count). The van der Waals surface area contributed by atoms with Gasteiger partial charge in [-0.15, -0.1) is 0 Å². The van der Waals surface area contributed by atoms with Gasteiger partial charge in [-0.05, 0) is 37.0 Å². The Morgan fingerprint density at radius 3 is 2.46 bits per heavy atom. The lowest BCUT2D eigenvalue weighted by Crippen LogP contribution is -2.47. The summed E-state index contributed by atoms with van der Waals surface area (Å²) in [6, 6.07) is 4.42. The van der Waals surface area contributed by atoms with Gasteiger partial charge >= 0.3 is 6.03 Å². The first-order valence-electron chi connectivity index (χ1n) is 8.57. The summed E-state index contributed by atoms with van der Waals surface area (Å²) in [4.78, 5) is 38.1. The summed E-state index contributed by atoms with van der Waals surface area (Å²) in [6.45, 7) is 5.44. The molecule has 1 fully saturated rings. The minimum absolute atomic E-state index is 0.216. The van der Waals surface area contributed by atoms with Crippen LogP contribution in [0.25, 0.3) is 0 Å². The molecule has 0 aliphatic carbocycles. The van der Waals surface area contributed by atoms with Crippen molar-refractivity contribution in [2.24, 2.45) is 11.7 Å². The Balaban J connectivity index is 2.09. The summed E-state index contributed by atoms with van der Waals surface area (Å²) in [5.41, 5.74) is 4.77. The average Bonchev–Trinajstić information content (AvgIpc) is 2.78. The molecular formula is C18H25FN4O3. The van der Waals surface area contributed by atoms with Crippen LogP contribution in [0.1, 0.15) is 32.8 Å². The summed E-state index contributed by atoms with van der Waals surface area (Å²) >= 11 is 0. The van der Waals surface area contributed by atoms with Crippen LogP contribution >= 0.6 is 0 Å². The van der Waals surface area contributed by atoms with E-state index in [4.69, 9.17) is 5.73 Å². The quantitative estimate of drug-likeness (QED) is 0.630. The number of hydrogen-bond acceptors (Lipinski definition) is 4. The van der Waals surface area contributed by atoms with Crippen molar-refractivity contribution < 1.29 is 18.8 Å². The maximum Gasteiger partial charge on any atom is 0.325 e. The van der Waals surface area contributed by atoms with Crippen LogP contribution < -0.4 is 16.4 Å². The summed E-state index contributed by atoms with van der Waals surface area (Å²) in [5, 5.41) is 5.33. The zero-order valence-electron chi connectivity index (χ0n) is 15.2. The number of urea groups is 1. The fourth-order valence-electron chi connectivity index (χ4n) is 3.02. The van der Waals surface area contributed by atoms with E-state index in [-0.39, 0.29) is 12.6 Å². The number of nitrogens with one attached hydrogen (secondary N) is 2. The lowest BCUT2D eigenvalue weighted by molar-refractivity contribution is -0.135. The van der Waals surface area contributed by atoms with Crippen molar-refractivity contribution in [3.8, 4) is 0 Å². The van der Waals surface area contributed by atoms with E-state index in [9.17, 15) is 18.8 Å². The van der Waals surface area contributed by atoms with Crippen LogP contribution in [0, 0.1) is 11.7 Å². The van der Waals surface area contributed by atoms with Crippen LogP contribution in [0.5, 0.6) is 0 Å². The van der Waals surface area contributed by atoms with Gasteiger partial charge in [0.15, 0.2) is 0 Å². The number of benzene rings is 1. The van der Waals surface area contributed by atoms with Crippen LogP contribution in [0.3, 0.4) is 0 Å². The Hall–Kier alpha value is -2.48. The largest absolute Gasteiger partial charge is 0.351 e. The molecule has 1 aromatic rings. The van der Waals surface area contributed by atoms with Gasteiger partial charge in [0.1, 0.15) is 17.9 Å². The lowest BCUT2D eigenvalue weighted by atomic mass is 9.92. The zero-order chi connectivity index (χ0) is 19.5. The molecule has 0 aromatic heterocycles. The molecule has 4 amide bonds. The Labute approximate surface area is 152 Å². The van der Waals surface area contributed by atoms with Gasteiger partial charge in [-0.3, -0.25) is 14.5 Å². The van der Waals surface area contributed by atoms with Gasteiger partial charge in [-0.2, -0.15) is 0 Å². The lowest BCUT2D eigenvalue weighted by Gasteiger charge is -2.23. The monoisotopic (exact) mass is 364 g/mol. The number of rotatable bonds is 7. The standard InChI is InChI=1S/C18H25FN4O3/c1-11(2)8-14(9-20)21-15(24)10-23-16(25)18(3,22-17(23)26)12-4-6-13(19)7-5-12/h4-7,11,14H,8-10,20H2,1-3H3,(H,21,24)(H,22,26). The minimum atomic E-state index is -1.34. The Kier molecular flexibility index (Phi) is 5.97. The van der Waals surface area contributed by atoms with E-state index in [0.717, 1.165) is 4.90 Å². The Bertz CT molecular complexity index is 692. The molecular weight excluding hydrogens is 339 g/mol. The van der Waals surface area contributed by atoms with Crippen molar-refractivity contribution in [2.45, 2.75) is 38.8 Å². The summed E-state index contributed by atoms with van der Waals surface area (Å²) in [5.74, 6) is -1.10. The topological polar surface area (TPSA) is 105 Å². The number of halogens is 1. The molecule has 0 radical (unpaired) electrons. The molecule has 26 heavy (non-hydrogen) atoms. The average molecular weight is 364 g/mol. The Morgan fingerprint density at radius 2 is 1.92 bits per heavy atom. The van der Waals surface area contributed by atoms with Crippen LogP contribution in [0.2, 0.25) is 0 Å². The van der Waals surface area contributed by atoms with E-state index < -0.39 is 35.7 Å². The first-order valence-corrected chi connectivity index (χ1v) is 8.57. The van der Waals surface area contributed by atoms with Crippen molar-refractivity contribution in [2.75, 3.05) is 13.1 Å². The van der Waals surface area contributed by atoms with Crippen molar-refractivity contribution >= 4 is 17.8 Å². The molecule has 2 atom stereocenters. The van der Waals surface area contributed by atoms with E-state index in [1.807, 2.05) is 13.8 Å². The highest BCUT2D eigenvalue weighted by Crippen LogP contribution is 2.28. The number of carbonyl (C=O) groups is 3. The van der Waals surface area contributed by atoms with E-state index in [0.29, 0.717) is 17.9 Å². The summed E-state index contributed by atoms with van der Waals surface area (Å²) in [7, 11) is 0. The number of nitrogens with two attached hydrogens (primary N) is 1. The third-order valence-electron chi connectivity index (χ3n) is 4.40. The zero-order valence-corrected chi connectivity index (χ0v) is 15.2. The predicted molar refractivity (Wildman–Crippen MR) is 94.4 cm³/mol. The number of imide groups is 1. The smallest absolute Gasteiger partial charge is 0.325 e. The number of nitrogens with zero attached hydrogens (tertiary/aromatic N) is 1. The summed E-state index contributed by atoms with van der Waals surface area (Å²) < 4.78 is 13.1. The van der Waals surface area contributed by atoms with Gasteiger partial charge in [-0.1, -0.05) is 26.0 Å². The molecule has 2 unspecified atom stereocenters. The molecule has 1 aliphatic rings. The van der Waals surface area contributed by atoms with Crippen molar-refractivity contribution in [1.82, 2.24) is 15.5 Å². The van der Waals surface area contributed by atoms with Gasteiger partial charge in [0.2, 0.25) is 5.91 Å². The second kappa shape index (κ2) is 7.82. The molecule has 4 N–H and O–H groups in total. The SMILES string of the molecule is CC(C)CC(CN)NC(=O)CN1C(=O)NC(C)(c2ccc(F)cc2)C1=O. The highest BCUT2D eigenvalue weighted by atomic mass is 19.1. The first-order chi connectivity index (χ1) is 12.2. The first kappa shape index (κ1) is 19.8. The maximum absolute atomic E-state index is 13.1. The molecule has 0 bridgehead atoms. The number of carbonyl (C=O) groups excluding carboxylic acids is 3. The molecule has 1 aromatic carbocycles. The molecule has 142 valence electrons. The molecule has 1 heterocycles. The van der Waals surface area contributed by atoms with E-state index >= 15 is 0 Å².